The highest BCUT2D eigenvalue weighted by atomic mass is 32.1. The molecular formula is C12H15N3O2S. The van der Waals surface area contributed by atoms with Gasteiger partial charge in [0.2, 0.25) is 0 Å². The molecule has 0 radical (unpaired) electrons. The number of nitrogens with two attached hydrogens (primary N) is 1. The molecule has 1 aromatic carbocycles. The van der Waals surface area contributed by atoms with Gasteiger partial charge < -0.3 is 15.2 Å². The Balaban J connectivity index is 2.50. The van der Waals surface area contributed by atoms with Crippen LogP contribution in [-0.2, 0) is 6.54 Å². The van der Waals surface area contributed by atoms with Crippen molar-refractivity contribution < 1.29 is 9.47 Å². The molecule has 2 rings (SSSR count). The number of ether oxygens (including phenoxy) is 2. The van der Waals surface area contributed by atoms with Crippen LogP contribution in [0.4, 0.5) is 0 Å². The number of hydrogen-bond acceptors (Lipinski definition) is 6. The Morgan fingerprint density at radius 3 is 2.39 bits per heavy atom. The monoisotopic (exact) mass is 265 g/mol. The molecule has 0 saturated carbocycles. The first-order valence-electron chi connectivity index (χ1n) is 5.45. The fourth-order valence-corrected chi connectivity index (χ4v) is 2.46. The van der Waals surface area contributed by atoms with Crippen LogP contribution in [0.3, 0.4) is 0 Å². The van der Waals surface area contributed by atoms with E-state index in [0.717, 1.165) is 21.1 Å². The van der Waals surface area contributed by atoms with E-state index >= 15 is 0 Å². The topological polar surface area (TPSA) is 70.3 Å². The third-order valence-corrected chi connectivity index (χ3v) is 3.58. The summed E-state index contributed by atoms with van der Waals surface area (Å²) >= 11 is 1.49. The fourth-order valence-electron chi connectivity index (χ4n) is 1.66. The van der Waals surface area contributed by atoms with Gasteiger partial charge in [-0.15, -0.1) is 10.2 Å². The van der Waals surface area contributed by atoms with E-state index in [1.807, 2.05) is 19.1 Å². The van der Waals surface area contributed by atoms with Gasteiger partial charge in [-0.25, -0.2) is 0 Å². The van der Waals surface area contributed by atoms with Crippen LogP contribution in [0.25, 0.3) is 10.6 Å². The summed E-state index contributed by atoms with van der Waals surface area (Å²) in [6, 6.07) is 3.84. The average Bonchev–Trinajstić information content (AvgIpc) is 2.86. The number of hydrogen-bond donors (Lipinski definition) is 1. The summed E-state index contributed by atoms with van der Waals surface area (Å²) in [6.45, 7) is 2.41. The van der Waals surface area contributed by atoms with E-state index in [1.54, 1.807) is 14.2 Å². The minimum absolute atomic E-state index is 0.407. The zero-order valence-electron chi connectivity index (χ0n) is 10.6. The van der Waals surface area contributed by atoms with E-state index in [9.17, 15) is 0 Å². The van der Waals surface area contributed by atoms with Crippen molar-refractivity contribution in [2.45, 2.75) is 13.5 Å². The van der Waals surface area contributed by atoms with Gasteiger partial charge in [-0.1, -0.05) is 11.3 Å². The molecule has 0 fully saturated rings. The molecule has 18 heavy (non-hydrogen) atoms. The highest BCUT2D eigenvalue weighted by molar-refractivity contribution is 7.14. The molecule has 5 nitrogen and oxygen atoms in total. The van der Waals surface area contributed by atoms with Crippen LogP contribution >= 0.6 is 11.3 Å². The maximum atomic E-state index is 5.54. The van der Waals surface area contributed by atoms with Crippen LogP contribution in [0, 0.1) is 6.92 Å². The minimum Gasteiger partial charge on any atom is -0.493 e. The molecule has 0 aliphatic heterocycles. The van der Waals surface area contributed by atoms with Gasteiger partial charge in [-0.05, 0) is 24.6 Å². The predicted molar refractivity (Wildman–Crippen MR) is 71.1 cm³/mol. The molecule has 1 aromatic heterocycles. The van der Waals surface area contributed by atoms with Crippen molar-refractivity contribution in [1.29, 1.82) is 0 Å². The van der Waals surface area contributed by atoms with Gasteiger partial charge in [0, 0.05) is 12.1 Å². The Hall–Kier alpha value is -1.66. The normalized spacial score (nSPS) is 10.4. The number of benzene rings is 1. The van der Waals surface area contributed by atoms with Crippen molar-refractivity contribution in [2.75, 3.05) is 14.2 Å². The quantitative estimate of drug-likeness (QED) is 0.915. The second-order valence-electron chi connectivity index (χ2n) is 3.73. The summed E-state index contributed by atoms with van der Waals surface area (Å²) in [7, 11) is 3.23. The molecule has 2 N–H and O–H groups in total. The molecule has 0 spiro atoms. The second-order valence-corrected chi connectivity index (χ2v) is 4.79. The minimum atomic E-state index is 0.407. The molecule has 0 saturated heterocycles. The first kappa shape index (κ1) is 12.8. The summed E-state index contributed by atoms with van der Waals surface area (Å²) < 4.78 is 10.5. The van der Waals surface area contributed by atoms with Gasteiger partial charge in [0.1, 0.15) is 10.0 Å². The van der Waals surface area contributed by atoms with E-state index in [4.69, 9.17) is 15.2 Å². The molecule has 0 bridgehead atoms. The molecule has 0 aliphatic rings. The lowest BCUT2D eigenvalue weighted by Crippen LogP contribution is -1.94. The molecule has 1 heterocycles. The van der Waals surface area contributed by atoms with E-state index < -0.39 is 0 Å². The summed E-state index contributed by atoms with van der Waals surface area (Å²) in [5.74, 6) is 1.39. The smallest absolute Gasteiger partial charge is 0.161 e. The Morgan fingerprint density at radius 1 is 1.17 bits per heavy atom. The lowest BCUT2D eigenvalue weighted by Gasteiger charge is -2.10. The zero-order chi connectivity index (χ0) is 13.1. The fraction of sp³-hybridized carbons (Fsp3) is 0.333. The third-order valence-electron chi connectivity index (χ3n) is 2.60. The van der Waals surface area contributed by atoms with Crippen LogP contribution < -0.4 is 15.2 Å². The Kier molecular flexibility index (Phi) is 3.78. The molecular weight excluding hydrogens is 250 g/mol. The first-order chi connectivity index (χ1) is 8.69. The van der Waals surface area contributed by atoms with Gasteiger partial charge in [0.15, 0.2) is 11.5 Å². The van der Waals surface area contributed by atoms with Crippen molar-refractivity contribution >= 4 is 11.3 Å². The van der Waals surface area contributed by atoms with Crippen LogP contribution in [0.1, 0.15) is 10.6 Å². The van der Waals surface area contributed by atoms with E-state index in [0.29, 0.717) is 18.0 Å². The molecule has 0 aliphatic carbocycles. The number of methoxy groups -OCH3 is 2. The van der Waals surface area contributed by atoms with Crippen LogP contribution in [0.2, 0.25) is 0 Å². The Bertz CT molecular complexity index is 554. The second kappa shape index (κ2) is 5.32. The largest absolute Gasteiger partial charge is 0.493 e. The zero-order valence-corrected chi connectivity index (χ0v) is 11.4. The third kappa shape index (κ3) is 2.30. The number of nitrogens with zero attached hydrogens (tertiary/aromatic N) is 2. The molecule has 96 valence electrons. The summed E-state index contributed by atoms with van der Waals surface area (Å²) in [5, 5.41) is 9.82. The predicted octanol–water partition coefficient (Wildman–Crippen LogP) is 1.99. The summed E-state index contributed by atoms with van der Waals surface area (Å²) in [5.41, 5.74) is 7.60. The summed E-state index contributed by atoms with van der Waals surface area (Å²) in [4.78, 5) is 0. The molecule has 0 atom stereocenters. The number of aryl methyl sites for hydroxylation is 1. The van der Waals surface area contributed by atoms with Crippen molar-refractivity contribution in [1.82, 2.24) is 10.2 Å². The van der Waals surface area contributed by atoms with Crippen molar-refractivity contribution in [3.63, 3.8) is 0 Å². The van der Waals surface area contributed by atoms with Crippen LogP contribution in [-0.4, -0.2) is 24.4 Å². The standard InChI is InChI=1S/C12H15N3O2S/c1-7-4-9(16-2)10(17-3)5-8(7)12-15-14-11(6-13)18-12/h4-5H,6,13H2,1-3H3. The highest BCUT2D eigenvalue weighted by Crippen LogP contribution is 2.36. The summed E-state index contributed by atoms with van der Waals surface area (Å²) in [6.07, 6.45) is 0. The van der Waals surface area contributed by atoms with E-state index in [-0.39, 0.29) is 0 Å². The van der Waals surface area contributed by atoms with E-state index in [2.05, 4.69) is 10.2 Å². The number of rotatable bonds is 4. The average molecular weight is 265 g/mol. The van der Waals surface area contributed by atoms with Gasteiger partial charge in [-0.2, -0.15) is 0 Å². The van der Waals surface area contributed by atoms with E-state index in [1.165, 1.54) is 11.3 Å². The molecule has 0 amide bonds. The maximum Gasteiger partial charge on any atom is 0.161 e. The number of aromatic nitrogens is 2. The van der Waals surface area contributed by atoms with Crippen LogP contribution in [0.15, 0.2) is 12.1 Å². The SMILES string of the molecule is COc1cc(C)c(-c2nnc(CN)s2)cc1OC. The first-order valence-corrected chi connectivity index (χ1v) is 6.26. The lowest BCUT2D eigenvalue weighted by molar-refractivity contribution is 0.355. The Morgan fingerprint density at radius 2 is 1.83 bits per heavy atom. The van der Waals surface area contributed by atoms with Gasteiger partial charge >= 0.3 is 0 Å². The Labute approximate surface area is 110 Å². The molecule has 6 heteroatoms. The van der Waals surface area contributed by atoms with Gasteiger partial charge in [0.05, 0.1) is 14.2 Å². The highest BCUT2D eigenvalue weighted by Gasteiger charge is 2.13. The van der Waals surface area contributed by atoms with Crippen molar-refractivity contribution in [2.24, 2.45) is 5.73 Å². The maximum absolute atomic E-state index is 5.54. The van der Waals surface area contributed by atoms with Gasteiger partial charge in [-0.3, -0.25) is 0 Å². The van der Waals surface area contributed by atoms with Gasteiger partial charge in [0.25, 0.3) is 0 Å². The van der Waals surface area contributed by atoms with Crippen LogP contribution in [0.5, 0.6) is 11.5 Å². The van der Waals surface area contributed by atoms with Crippen molar-refractivity contribution in [3.05, 3.63) is 22.7 Å². The molecule has 2 aromatic rings. The van der Waals surface area contributed by atoms with Crippen molar-refractivity contribution in [3.8, 4) is 22.1 Å². The molecule has 0 unspecified atom stereocenters. The lowest BCUT2D eigenvalue weighted by atomic mass is 10.1.